The maximum absolute atomic E-state index is 12.6. The molecule has 1 aromatic heterocycles. The van der Waals surface area contributed by atoms with Gasteiger partial charge in [-0.3, -0.25) is 9.48 Å². The highest BCUT2D eigenvalue weighted by atomic mass is 16.5. The van der Waals surface area contributed by atoms with Gasteiger partial charge in [0.2, 0.25) is 5.91 Å². The van der Waals surface area contributed by atoms with Crippen LogP contribution in [0, 0.1) is 11.8 Å². The molecule has 0 bridgehead atoms. The Bertz CT molecular complexity index is 551. The van der Waals surface area contributed by atoms with Gasteiger partial charge >= 0.3 is 0 Å². The molecular weight excluding hydrogens is 304 g/mol. The van der Waals surface area contributed by atoms with Gasteiger partial charge in [0, 0.05) is 51.0 Å². The molecular formula is C18H30N4O2. The van der Waals surface area contributed by atoms with E-state index in [4.69, 9.17) is 4.74 Å². The lowest BCUT2D eigenvalue weighted by Gasteiger charge is -2.32. The highest BCUT2D eigenvalue weighted by molar-refractivity contribution is 5.81. The molecule has 2 aliphatic heterocycles. The number of aromatic nitrogens is 2. The van der Waals surface area contributed by atoms with Crippen molar-refractivity contribution in [2.75, 3.05) is 26.2 Å². The summed E-state index contributed by atoms with van der Waals surface area (Å²) in [4.78, 5) is 14.6. The minimum absolute atomic E-state index is 0.0874. The minimum Gasteiger partial charge on any atom is -0.373 e. The number of carbonyl (C=O) groups excluding carboxylic acids is 1. The fourth-order valence-electron chi connectivity index (χ4n) is 3.72. The van der Waals surface area contributed by atoms with Crippen molar-refractivity contribution in [3.63, 3.8) is 0 Å². The predicted molar refractivity (Wildman–Crippen MR) is 92.5 cm³/mol. The molecule has 3 atom stereocenters. The molecule has 3 heterocycles. The number of nitrogens with one attached hydrogen (secondary N) is 1. The van der Waals surface area contributed by atoms with E-state index < -0.39 is 0 Å². The van der Waals surface area contributed by atoms with Gasteiger partial charge in [0.05, 0.1) is 18.3 Å². The average molecular weight is 334 g/mol. The lowest BCUT2D eigenvalue weighted by atomic mass is 9.96. The molecule has 0 saturated carbocycles. The third kappa shape index (κ3) is 3.98. The van der Waals surface area contributed by atoms with Crippen LogP contribution in [0.3, 0.4) is 0 Å². The second-order valence-corrected chi connectivity index (χ2v) is 7.43. The van der Waals surface area contributed by atoms with E-state index in [1.54, 1.807) is 0 Å². The van der Waals surface area contributed by atoms with Gasteiger partial charge in [-0.1, -0.05) is 6.92 Å². The van der Waals surface area contributed by atoms with Crippen molar-refractivity contribution in [1.29, 1.82) is 0 Å². The maximum Gasteiger partial charge on any atom is 0.239 e. The van der Waals surface area contributed by atoms with Gasteiger partial charge in [-0.05, 0) is 32.1 Å². The molecule has 3 rings (SSSR count). The van der Waals surface area contributed by atoms with Crippen molar-refractivity contribution >= 4 is 5.91 Å². The third-order valence-corrected chi connectivity index (χ3v) is 5.42. The van der Waals surface area contributed by atoms with E-state index in [1.165, 1.54) is 0 Å². The number of hydrogen-bond donors (Lipinski definition) is 1. The lowest BCUT2D eigenvalue weighted by Crippen LogP contribution is -2.48. The number of nitrogens with zero attached hydrogens (tertiary/aromatic N) is 3. The van der Waals surface area contributed by atoms with E-state index >= 15 is 0 Å². The quantitative estimate of drug-likeness (QED) is 0.891. The number of rotatable bonds is 5. The summed E-state index contributed by atoms with van der Waals surface area (Å²) in [7, 11) is 1.92. The van der Waals surface area contributed by atoms with Crippen LogP contribution in [0.5, 0.6) is 0 Å². The highest BCUT2D eigenvalue weighted by Crippen LogP contribution is 2.33. The van der Waals surface area contributed by atoms with Crippen molar-refractivity contribution in [2.45, 2.75) is 45.3 Å². The molecule has 0 radical (unpaired) electrons. The first-order valence-corrected chi connectivity index (χ1v) is 9.17. The van der Waals surface area contributed by atoms with Gasteiger partial charge in [0.1, 0.15) is 0 Å². The minimum atomic E-state index is -0.131. The molecule has 0 spiro atoms. The van der Waals surface area contributed by atoms with Crippen molar-refractivity contribution in [1.82, 2.24) is 20.0 Å². The van der Waals surface area contributed by atoms with Crippen molar-refractivity contribution < 1.29 is 9.53 Å². The molecule has 1 aromatic rings. The summed E-state index contributed by atoms with van der Waals surface area (Å²) >= 11 is 0. The molecule has 3 unspecified atom stereocenters. The van der Waals surface area contributed by atoms with Crippen LogP contribution in [-0.4, -0.2) is 52.9 Å². The first kappa shape index (κ1) is 17.4. The van der Waals surface area contributed by atoms with Crippen LogP contribution in [0.15, 0.2) is 12.4 Å². The van der Waals surface area contributed by atoms with Crippen molar-refractivity contribution in [2.24, 2.45) is 18.9 Å². The maximum atomic E-state index is 12.6. The Labute approximate surface area is 144 Å². The Balaban J connectivity index is 1.50. The van der Waals surface area contributed by atoms with Crippen molar-refractivity contribution in [3.8, 4) is 0 Å². The number of likely N-dealkylation sites (tertiary alicyclic amines) is 1. The summed E-state index contributed by atoms with van der Waals surface area (Å²) in [5.74, 6) is 1.37. The Morgan fingerprint density at radius 1 is 1.42 bits per heavy atom. The standard InChI is InChI=1S/C18H30N4O2/c1-13-4-7-22(8-5-13)18(23)14(2)19-10-15-6-9-24-17(15)16-11-20-21(3)12-16/h11-15,17,19H,4-10H2,1-3H3. The van der Waals surface area contributed by atoms with E-state index in [2.05, 4.69) is 17.3 Å². The molecule has 2 fully saturated rings. The fourth-order valence-corrected chi connectivity index (χ4v) is 3.72. The molecule has 0 aliphatic carbocycles. The summed E-state index contributed by atoms with van der Waals surface area (Å²) in [6, 6.07) is -0.131. The molecule has 0 aromatic carbocycles. The summed E-state index contributed by atoms with van der Waals surface area (Å²) < 4.78 is 7.71. The van der Waals surface area contributed by atoms with Gasteiger partial charge < -0.3 is 15.0 Å². The zero-order valence-electron chi connectivity index (χ0n) is 15.1. The predicted octanol–water partition coefficient (Wildman–Crippen LogP) is 1.73. The van der Waals surface area contributed by atoms with Crippen LogP contribution in [0.4, 0.5) is 0 Å². The Hall–Kier alpha value is -1.40. The van der Waals surface area contributed by atoms with Crippen LogP contribution >= 0.6 is 0 Å². The molecule has 2 aliphatic rings. The fraction of sp³-hybridized carbons (Fsp3) is 0.778. The number of aryl methyl sites for hydroxylation is 1. The Morgan fingerprint density at radius 3 is 2.83 bits per heavy atom. The molecule has 6 nitrogen and oxygen atoms in total. The largest absolute Gasteiger partial charge is 0.373 e. The summed E-state index contributed by atoms with van der Waals surface area (Å²) in [5.41, 5.74) is 1.13. The van der Waals surface area contributed by atoms with Gasteiger partial charge in [0.15, 0.2) is 0 Å². The van der Waals surface area contributed by atoms with E-state index in [0.717, 1.165) is 57.0 Å². The van der Waals surface area contributed by atoms with Crippen LogP contribution < -0.4 is 5.32 Å². The molecule has 2 saturated heterocycles. The number of carbonyl (C=O) groups is 1. The second kappa shape index (κ2) is 7.66. The lowest BCUT2D eigenvalue weighted by molar-refractivity contribution is -0.134. The second-order valence-electron chi connectivity index (χ2n) is 7.43. The smallest absolute Gasteiger partial charge is 0.239 e. The van der Waals surface area contributed by atoms with Crippen LogP contribution in [0.1, 0.15) is 44.8 Å². The normalized spacial score (nSPS) is 26.7. The van der Waals surface area contributed by atoms with E-state index in [9.17, 15) is 4.79 Å². The van der Waals surface area contributed by atoms with Crippen LogP contribution in [0.25, 0.3) is 0 Å². The van der Waals surface area contributed by atoms with Crippen LogP contribution in [0.2, 0.25) is 0 Å². The molecule has 6 heteroatoms. The summed E-state index contributed by atoms with van der Waals surface area (Å²) in [6.45, 7) is 7.63. The highest BCUT2D eigenvalue weighted by Gasteiger charge is 2.32. The van der Waals surface area contributed by atoms with Gasteiger partial charge in [-0.25, -0.2) is 0 Å². The molecule has 1 amide bonds. The Morgan fingerprint density at radius 2 is 2.17 bits per heavy atom. The summed E-state index contributed by atoms with van der Waals surface area (Å²) in [6.07, 6.45) is 7.26. The Kier molecular flexibility index (Phi) is 5.56. The van der Waals surface area contributed by atoms with E-state index in [-0.39, 0.29) is 18.1 Å². The average Bonchev–Trinajstić information content (AvgIpc) is 3.21. The first-order valence-electron chi connectivity index (χ1n) is 9.17. The third-order valence-electron chi connectivity index (χ3n) is 5.42. The van der Waals surface area contributed by atoms with E-state index in [1.807, 2.05) is 35.9 Å². The zero-order valence-corrected chi connectivity index (χ0v) is 15.1. The zero-order chi connectivity index (χ0) is 17.1. The van der Waals surface area contributed by atoms with Gasteiger partial charge in [0.25, 0.3) is 0 Å². The molecule has 24 heavy (non-hydrogen) atoms. The van der Waals surface area contributed by atoms with Gasteiger partial charge in [-0.15, -0.1) is 0 Å². The van der Waals surface area contributed by atoms with Crippen LogP contribution in [-0.2, 0) is 16.6 Å². The SMILES string of the molecule is CC1CCN(C(=O)C(C)NCC2CCOC2c2cnn(C)c2)CC1. The summed E-state index contributed by atoms with van der Waals surface area (Å²) in [5, 5.41) is 7.68. The number of hydrogen-bond acceptors (Lipinski definition) is 4. The number of piperidine rings is 1. The van der Waals surface area contributed by atoms with Gasteiger partial charge in [-0.2, -0.15) is 5.10 Å². The number of ether oxygens (including phenoxy) is 1. The molecule has 1 N–H and O–H groups in total. The topological polar surface area (TPSA) is 59.4 Å². The monoisotopic (exact) mass is 334 g/mol. The van der Waals surface area contributed by atoms with E-state index in [0.29, 0.717) is 5.92 Å². The molecule has 134 valence electrons. The number of amides is 1. The first-order chi connectivity index (χ1) is 11.5. The van der Waals surface area contributed by atoms with Crippen molar-refractivity contribution in [3.05, 3.63) is 18.0 Å².